The first-order valence-corrected chi connectivity index (χ1v) is 8.49. The van der Waals surface area contributed by atoms with Gasteiger partial charge in [0.15, 0.2) is 17.3 Å². The van der Waals surface area contributed by atoms with Gasteiger partial charge < -0.3 is 14.8 Å². The number of para-hydroxylation sites is 2. The second kappa shape index (κ2) is 7.03. The maximum absolute atomic E-state index is 12.0. The SMILES string of the molecule is COc1cc(C2CC(=O)Nc3n[nH]cc32)ccc1Oc1ccccc1[N+](=O)[O-]. The zero-order valence-electron chi connectivity index (χ0n) is 14.8. The molecule has 0 spiro atoms. The summed E-state index contributed by atoms with van der Waals surface area (Å²) in [5, 5.41) is 20.7. The van der Waals surface area contributed by atoms with E-state index in [1.165, 1.54) is 19.2 Å². The molecule has 2 heterocycles. The van der Waals surface area contributed by atoms with Gasteiger partial charge in [-0.25, -0.2) is 0 Å². The molecular weight excluding hydrogens is 364 g/mol. The summed E-state index contributed by atoms with van der Waals surface area (Å²) in [5.74, 6) is 1.08. The predicted molar refractivity (Wildman–Crippen MR) is 99.8 cm³/mol. The lowest BCUT2D eigenvalue weighted by atomic mass is 9.87. The van der Waals surface area contributed by atoms with E-state index in [4.69, 9.17) is 9.47 Å². The number of methoxy groups -OCH3 is 1. The Hall–Kier alpha value is -3.88. The van der Waals surface area contributed by atoms with Crippen molar-refractivity contribution in [3.05, 3.63) is 69.9 Å². The highest BCUT2D eigenvalue weighted by molar-refractivity contribution is 5.94. The number of nitro benzene ring substituents is 1. The van der Waals surface area contributed by atoms with Gasteiger partial charge >= 0.3 is 5.69 Å². The topological polar surface area (TPSA) is 119 Å². The van der Waals surface area contributed by atoms with Gasteiger partial charge in [-0.2, -0.15) is 5.10 Å². The number of nitro groups is 1. The van der Waals surface area contributed by atoms with E-state index in [1.54, 1.807) is 30.5 Å². The summed E-state index contributed by atoms with van der Waals surface area (Å²) in [7, 11) is 1.49. The highest BCUT2D eigenvalue weighted by Gasteiger charge is 2.29. The lowest BCUT2D eigenvalue weighted by Gasteiger charge is -2.22. The number of amides is 1. The fraction of sp³-hybridized carbons (Fsp3) is 0.158. The van der Waals surface area contributed by atoms with Crippen molar-refractivity contribution in [1.82, 2.24) is 10.2 Å². The van der Waals surface area contributed by atoms with Crippen molar-refractivity contribution in [1.29, 1.82) is 0 Å². The number of nitrogens with zero attached hydrogens (tertiary/aromatic N) is 2. The van der Waals surface area contributed by atoms with Crippen molar-refractivity contribution < 1.29 is 19.2 Å². The Morgan fingerprint density at radius 3 is 2.79 bits per heavy atom. The van der Waals surface area contributed by atoms with Crippen LogP contribution in [0.25, 0.3) is 0 Å². The largest absolute Gasteiger partial charge is 0.493 e. The molecule has 28 heavy (non-hydrogen) atoms. The molecule has 2 N–H and O–H groups in total. The number of fused-ring (bicyclic) bond motifs is 1. The van der Waals surface area contributed by atoms with Crippen LogP contribution in [0.1, 0.15) is 23.5 Å². The summed E-state index contributed by atoms with van der Waals surface area (Å²) in [6.45, 7) is 0. The third kappa shape index (κ3) is 3.13. The van der Waals surface area contributed by atoms with E-state index in [1.807, 2.05) is 6.07 Å². The highest BCUT2D eigenvalue weighted by atomic mass is 16.6. The lowest BCUT2D eigenvalue weighted by Crippen LogP contribution is -2.22. The van der Waals surface area contributed by atoms with Gasteiger partial charge in [0.1, 0.15) is 0 Å². The second-order valence-electron chi connectivity index (χ2n) is 6.23. The fourth-order valence-corrected chi connectivity index (χ4v) is 3.24. The van der Waals surface area contributed by atoms with Gasteiger partial charge in [0.05, 0.1) is 12.0 Å². The average Bonchev–Trinajstić information content (AvgIpc) is 3.16. The van der Waals surface area contributed by atoms with E-state index in [2.05, 4.69) is 15.5 Å². The number of hydrogen-bond donors (Lipinski definition) is 2. The monoisotopic (exact) mass is 380 g/mol. The Balaban J connectivity index is 1.69. The number of aromatic amines is 1. The van der Waals surface area contributed by atoms with E-state index in [0.29, 0.717) is 17.3 Å². The minimum absolute atomic E-state index is 0.118. The minimum atomic E-state index is -0.503. The molecule has 1 unspecified atom stereocenters. The van der Waals surface area contributed by atoms with Crippen molar-refractivity contribution >= 4 is 17.4 Å². The highest BCUT2D eigenvalue weighted by Crippen LogP contribution is 2.41. The molecular formula is C19H16N4O5. The summed E-state index contributed by atoms with van der Waals surface area (Å²) in [6, 6.07) is 11.4. The molecule has 1 aliphatic heterocycles. The Morgan fingerprint density at radius 1 is 1.18 bits per heavy atom. The summed E-state index contributed by atoms with van der Waals surface area (Å²) in [4.78, 5) is 22.7. The number of aromatic nitrogens is 2. The number of carbonyl (C=O) groups is 1. The molecule has 0 aliphatic carbocycles. The zero-order valence-corrected chi connectivity index (χ0v) is 14.8. The number of anilines is 1. The molecule has 0 fully saturated rings. The van der Waals surface area contributed by atoms with E-state index >= 15 is 0 Å². The molecule has 0 saturated carbocycles. The summed E-state index contributed by atoms with van der Waals surface area (Å²) >= 11 is 0. The van der Waals surface area contributed by atoms with Crippen molar-refractivity contribution in [2.75, 3.05) is 12.4 Å². The number of carbonyl (C=O) groups excluding carboxylic acids is 1. The number of rotatable bonds is 5. The van der Waals surface area contributed by atoms with Crippen LogP contribution < -0.4 is 14.8 Å². The van der Waals surface area contributed by atoms with E-state index in [-0.39, 0.29) is 29.7 Å². The van der Waals surface area contributed by atoms with Crippen molar-refractivity contribution in [2.24, 2.45) is 0 Å². The predicted octanol–water partition coefficient (Wildman–Crippen LogP) is 3.59. The maximum atomic E-state index is 12.0. The second-order valence-corrected chi connectivity index (χ2v) is 6.23. The Kier molecular flexibility index (Phi) is 4.40. The molecule has 1 atom stereocenters. The zero-order chi connectivity index (χ0) is 19.7. The molecule has 2 aromatic carbocycles. The van der Waals surface area contributed by atoms with Crippen LogP contribution >= 0.6 is 0 Å². The smallest absolute Gasteiger partial charge is 0.311 e. The van der Waals surface area contributed by atoms with Crippen LogP contribution in [-0.2, 0) is 4.79 Å². The summed E-state index contributed by atoms with van der Waals surface area (Å²) in [5.41, 5.74) is 1.60. The van der Waals surface area contributed by atoms with Crippen LogP contribution in [0, 0.1) is 10.1 Å². The standard InChI is InChI=1S/C19H16N4O5/c1-27-17-8-11(12-9-18(24)21-19-13(12)10-20-22-19)6-7-16(17)28-15-5-3-2-4-14(15)23(25)26/h2-8,10,12H,9H2,1H3,(H2,20,21,22,24). The number of H-pyrrole nitrogens is 1. The molecule has 1 amide bonds. The number of nitrogens with one attached hydrogen (secondary N) is 2. The first-order chi connectivity index (χ1) is 13.6. The third-order valence-electron chi connectivity index (χ3n) is 4.56. The molecule has 1 aliphatic rings. The maximum Gasteiger partial charge on any atom is 0.311 e. The third-order valence-corrected chi connectivity index (χ3v) is 4.56. The number of benzene rings is 2. The quantitative estimate of drug-likeness (QED) is 0.516. The van der Waals surface area contributed by atoms with Gasteiger partial charge in [0, 0.05) is 30.2 Å². The van der Waals surface area contributed by atoms with Gasteiger partial charge in [-0.1, -0.05) is 18.2 Å². The van der Waals surface area contributed by atoms with Crippen LogP contribution in [0.2, 0.25) is 0 Å². The molecule has 9 nitrogen and oxygen atoms in total. The molecule has 0 saturated heterocycles. The van der Waals surface area contributed by atoms with Gasteiger partial charge in [-0.15, -0.1) is 0 Å². The number of hydrogen-bond acceptors (Lipinski definition) is 6. The molecule has 142 valence electrons. The Morgan fingerprint density at radius 2 is 2.00 bits per heavy atom. The van der Waals surface area contributed by atoms with Crippen molar-refractivity contribution in [3.8, 4) is 17.2 Å². The van der Waals surface area contributed by atoms with Gasteiger partial charge in [0.25, 0.3) is 0 Å². The molecule has 0 radical (unpaired) electrons. The summed E-state index contributed by atoms with van der Waals surface area (Å²) < 4.78 is 11.2. The first-order valence-electron chi connectivity index (χ1n) is 8.49. The van der Waals surface area contributed by atoms with Gasteiger partial charge in [-0.05, 0) is 23.8 Å². The van der Waals surface area contributed by atoms with Crippen LogP contribution in [-0.4, -0.2) is 28.1 Å². The average molecular weight is 380 g/mol. The van der Waals surface area contributed by atoms with Gasteiger partial charge in [0.2, 0.25) is 11.7 Å². The molecule has 4 rings (SSSR count). The van der Waals surface area contributed by atoms with Crippen LogP contribution in [0.3, 0.4) is 0 Å². The number of ether oxygens (including phenoxy) is 2. The van der Waals surface area contributed by atoms with E-state index < -0.39 is 4.92 Å². The Bertz CT molecular complexity index is 1060. The van der Waals surface area contributed by atoms with Crippen molar-refractivity contribution in [2.45, 2.75) is 12.3 Å². The molecule has 0 bridgehead atoms. The Labute approximate surface area is 159 Å². The fourth-order valence-electron chi connectivity index (χ4n) is 3.24. The van der Waals surface area contributed by atoms with E-state index in [9.17, 15) is 14.9 Å². The van der Waals surface area contributed by atoms with Crippen LogP contribution in [0.15, 0.2) is 48.7 Å². The van der Waals surface area contributed by atoms with E-state index in [0.717, 1.165) is 11.1 Å². The van der Waals surface area contributed by atoms with Crippen LogP contribution in [0.5, 0.6) is 17.2 Å². The minimum Gasteiger partial charge on any atom is -0.493 e. The van der Waals surface area contributed by atoms with Gasteiger partial charge in [-0.3, -0.25) is 20.0 Å². The molecule has 3 aromatic rings. The normalized spacial score (nSPS) is 15.5. The lowest BCUT2D eigenvalue weighted by molar-refractivity contribution is -0.385. The first kappa shape index (κ1) is 17.5. The van der Waals surface area contributed by atoms with Crippen molar-refractivity contribution in [3.63, 3.8) is 0 Å². The summed E-state index contributed by atoms with van der Waals surface area (Å²) in [6.07, 6.45) is 2.03. The molecule has 1 aromatic heterocycles. The molecule has 9 heteroatoms. The van der Waals surface area contributed by atoms with Crippen LogP contribution in [0.4, 0.5) is 11.5 Å².